The standard InChI is InChI=1S/C11H17NO4/c1-4-15-9(13)11(10(14)16-5-2)7-6-8(3)12-11/h4-7H2,1-3H3. The van der Waals surface area contributed by atoms with Gasteiger partial charge in [0.1, 0.15) is 0 Å². The lowest BCUT2D eigenvalue weighted by Crippen LogP contribution is -2.45. The molecule has 5 heteroatoms. The first kappa shape index (κ1) is 12.7. The molecule has 90 valence electrons. The van der Waals surface area contributed by atoms with Gasteiger partial charge in [-0.3, -0.25) is 4.99 Å². The minimum Gasteiger partial charge on any atom is -0.464 e. The molecule has 1 rings (SSSR count). The van der Waals surface area contributed by atoms with Crippen LogP contribution in [0.5, 0.6) is 0 Å². The molecule has 0 aromatic carbocycles. The number of aliphatic imine (C=N–C) groups is 1. The number of carbonyl (C=O) groups excluding carboxylic acids is 2. The van der Waals surface area contributed by atoms with Gasteiger partial charge in [-0.15, -0.1) is 0 Å². The molecule has 1 heterocycles. The Morgan fingerprint density at radius 3 is 2.06 bits per heavy atom. The fourth-order valence-electron chi connectivity index (χ4n) is 1.68. The number of esters is 2. The average Bonchev–Trinajstić information content (AvgIpc) is 2.63. The van der Waals surface area contributed by atoms with E-state index in [0.717, 1.165) is 5.71 Å². The van der Waals surface area contributed by atoms with Crippen molar-refractivity contribution in [2.45, 2.75) is 39.2 Å². The smallest absolute Gasteiger partial charge is 0.345 e. The van der Waals surface area contributed by atoms with E-state index in [9.17, 15) is 9.59 Å². The summed E-state index contributed by atoms with van der Waals surface area (Å²) in [5.41, 5.74) is -0.670. The topological polar surface area (TPSA) is 65.0 Å². The van der Waals surface area contributed by atoms with Gasteiger partial charge in [0.15, 0.2) is 0 Å². The molecule has 5 nitrogen and oxygen atoms in total. The lowest BCUT2D eigenvalue weighted by Gasteiger charge is -2.21. The Hall–Kier alpha value is -1.39. The van der Waals surface area contributed by atoms with Gasteiger partial charge < -0.3 is 9.47 Å². The summed E-state index contributed by atoms with van der Waals surface area (Å²) < 4.78 is 9.80. The van der Waals surface area contributed by atoms with Crippen molar-refractivity contribution in [3.05, 3.63) is 0 Å². The van der Waals surface area contributed by atoms with E-state index < -0.39 is 17.5 Å². The van der Waals surface area contributed by atoms with Gasteiger partial charge >= 0.3 is 11.9 Å². The van der Waals surface area contributed by atoms with E-state index in [1.807, 2.05) is 0 Å². The van der Waals surface area contributed by atoms with E-state index in [1.165, 1.54) is 0 Å². The summed E-state index contributed by atoms with van der Waals surface area (Å²) in [5, 5.41) is 0. The van der Waals surface area contributed by atoms with Crippen molar-refractivity contribution < 1.29 is 19.1 Å². The maximum absolute atomic E-state index is 11.8. The molecule has 0 amide bonds. The average molecular weight is 227 g/mol. The normalized spacial score (nSPS) is 17.8. The SMILES string of the molecule is CCOC(=O)C1(C(=O)OCC)CCC(C)=N1. The second-order valence-electron chi connectivity index (χ2n) is 3.65. The van der Waals surface area contributed by atoms with Crippen LogP contribution in [0.2, 0.25) is 0 Å². The summed E-state index contributed by atoms with van der Waals surface area (Å²) in [7, 11) is 0. The van der Waals surface area contributed by atoms with Gasteiger partial charge in [0.05, 0.1) is 13.2 Å². The van der Waals surface area contributed by atoms with Gasteiger partial charge in [0.2, 0.25) is 0 Å². The van der Waals surface area contributed by atoms with Gasteiger partial charge in [-0.25, -0.2) is 9.59 Å². The number of hydrogen-bond donors (Lipinski definition) is 0. The van der Waals surface area contributed by atoms with Crippen LogP contribution in [0.4, 0.5) is 0 Å². The van der Waals surface area contributed by atoms with Crippen LogP contribution in [0.1, 0.15) is 33.6 Å². The maximum Gasteiger partial charge on any atom is 0.345 e. The Morgan fingerprint density at radius 2 is 1.75 bits per heavy atom. The largest absolute Gasteiger partial charge is 0.464 e. The zero-order chi connectivity index (χ0) is 12.2. The van der Waals surface area contributed by atoms with Crippen molar-refractivity contribution in [3.8, 4) is 0 Å². The first-order valence-corrected chi connectivity index (χ1v) is 5.46. The third-order valence-electron chi connectivity index (χ3n) is 2.46. The molecule has 16 heavy (non-hydrogen) atoms. The molecule has 1 aliphatic rings. The molecule has 0 saturated carbocycles. The quantitative estimate of drug-likeness (QED) is 0.533. The summed E-state index contributed by atoms with van der Waals surface area (Å²) in [6.45, 7) is 5.65. The highest BCUT2D eigenvalue weighted by molar-refractivity contribution is 6.09. The number of hydrogen-bond acceptors (Lipinski definition) is 5. The maximum atomic E-state index is 11.8. The molecule has 0 atom stereocenters. The minimum absolute atomic E-state index is 0.231. The van der Waals surface area contributed by atoms with Crippen molar-refractivity contribution in [3.63, 3.8) is 0 Å². The molecule has 0 aliphatic carbocycles. The number of carbonyl (C=O) groups is 2. The number of ether oxygens (including phenoxy) is 2. The summed E-state index contributed by atoms with van der Waals surface area (Å²) >= 11 is 0. The van der Waals surface area contributed by atoms with Crippen LogP contribution in [0.25, 0.3) is 0 Å². The molecule has 1 aliphatic heterocycles. The molecular weight excluding hydrogens is 210 g/mol. The van der Waals surface area contributed by atoms with Crippen LogP contribution < -0.4 is 0 Å². The second kappa shape index (κ2) is 5.09. The number of nitrogens with zero attached hydrogens (tertiary/aromatic N) is 1. The molecule has 0 aromatic rings. The monoisotopic (exact) mass is 227 g/mol. The number of rotatable bonds is 4. The lowest BCUT2D eigenvalue weighted by atomic mass is 9.97. The highest BCUT2D eigenvalue weighted by Gasteiger charge is 2.51. The molecule has 0 saturated heterocycles. The Labute approximate surface area is 94.8 Å². The third-order valence-corrected chi connectivity index (χ3v) is 2.46. The van der Waals surface area contributed by atoms with Crippen LogP contribution in [0.3, 0.4) is 0 Å². The highest BCUT2D eigenvalue weighted by atomic mass is 16.6. The van der Waals surface area contributed by atoms with Crippen molar-refractivity contribution in [2.24, 2.45) is 4.99 Å². The molecular formula is C11H17NO4. The highest BCUT2D eigenvalue weighted by Crippen LogP contribution is 2.29. The van der Waals surface area contributed by atoms with Gasteiger partial charge in [0, 0.05) is 5.71 Å². The van der Waals surface area contributed by atoms with Gasteiger partial charge in [-0.1, -0.05) is 0 Å². The Morgan fingerprint density at radius 1 is 1.25 bits per heavy atom. The zero-order valence-electron chi connectivity index (χ0n) is 9.91. The Balaban J connectivity index is 2.94. The predicted molar refractivity (Wildman–Crippen MR) is 58.3 cm³/mol. The molecule has 0 unspecified atom stereocenters. The third kappa shape index (κ3) is 2.23. The van der Waals surface area contributed by atoms with E-state index in [-0.39, 0.29) is 13.2 Å². The molecule has 0 radical (unpaired) electrons. The first-order valence-electron chi connectivity index (χ1n) is 5.46. The first-order chi connectivity index (χ1) is 7.56. The molecule has 0 bridgehead atoms. The van der Waals surface area contributed by atoms with E-state index in [4.69, 9.17) is 9.47 Å². The zero-order valence-corrected chi connectivity index (χ0v) is 9.91. The summed E-state index contributed by atoms with van der Waals surface area (Å²) in [4.78, 5) is 27.7. The summed E-state index contributed by atoms with van der Waals surface area (Å²) in [6, 6.07) is 0. The van der Waals surface area contributed by atoms with Crippen LogP contribution in [-0.2, 0) is 19.1 Å². The predicted octanol–water partition coefficient (Wildman–Crippen LogP) is 1.11. The van der Waals surface area contributed by atoms with Crippen molar-refractivity contribution >= 4 is 17.7 Å². The summed E-state index contributed by atoms with van der Waals surface area (Å²) in [6.07, 6.45) is 0.966. The molecule has 0 spiro atoms. The summed E-state index contributed by atoms with van der Waals surface area (Å²) in [5.74, 6) is -1.21. The van der Waals surface area contributed by atoms with Crippen LogP contribution in [0, 0.1) is 0 Å². The molecule has 0 fully saturated rings. The van der Waals surface area contributed by atoms with E-state index in [1.54, 1.807) is 20.8 Å². The van der Waals surface area contributed by atoms with E-state index in [2.05, 4.69) is 4.99 Å². The van der Waals surface area contributed by atoms with Crippen LogP contribution in [0.15, 0.2) is 4.99 Å². The van der Waals surface area contributed by atoms with Crippen molar-refractivity contribution in [2.75, 3.05) is 13.2 Å². The van der Waals surface area contributed by atoms with Crippen LogP contribution in [-0.4, -0.2) is 36.4 Å². The lowest BCUT2D eigenvalue weighted by molar-refractivity contribution is -0.163. The van der Waals surface area contributed by atoms with E-state index in [0.29, 0.717) is 12.8 Å². The van der Waals surface area contributed by atoms with Crippen molar-refractivity contribution in [1.82, 2.24) is 0 Å². The molecule has 0 N–H and O–H groups in total. The van der Waals surface area contributed by atoms with Crippen molar-refractivity contribution in [1.29, 1.82) is 0 Å². The second-order valence-corrected chi connectivity index (χ2v) is 3.65. The Bertz CT molecular complexity index is 304. The fourth-order valence-corrected chi connectivity index (χ4v) is 1.68. The van der Waals surface area contributed by atoms with Gasteiger partial charge in [-0.05, 0) is 33.6 Å². The minimum atomic E-state index is -1.45. The van der Waals surface area contributed by atoms with Gasteiger partial charge in [-0.2, -0.15) is 0 Å². The fraction of sp³-hybridized carbons (Fsp3) is 0.727. The Kier molecular flexibility index (Phi) is 4.04. The van der Waals surface area contributed by atoms with Crippen LogP contribution >= 0.6 is 0 Å². The van der Waals surface area contributed by atoms with E-state index >= 15 is 0 Å². The molecule has 0 aromatic heterocycles. The van der Waals surface area contributed by atoms with Gasteiger partial charge in [0.25, 0.3) is 5.54 Å².